The molecule has 1 aromatic rings. The second-order valence-electron chi connectivity index (χ2n) is 6.94. The highest BCUT2D eigenvalue weighted by Crippen LogP contribution is 2.28. The van der Waals surface area contributed by atoms with Gasteiger partial charge in [-0.3, -0.25) is 19.5 Å². The first-order valence-corrected chi connectivity index (χ1v) is 8.81. The molecule has 7 nitrogen and oxygen atoms in total. The van der Waals surface area contributed by atoms with Crippen LogP contribution >= 0.6 is 0 Å². The van der Waals surface area contributed by atoms with Crippen LogP contribution in [-0.2, 0) is 14.3 Å². The quantitative estimate of drug-likeness (QED) is 0.858. The molecule has 136 valence electrons. The second kappa shape index (κ2) is 7.93. The zero-order valence-corrected chi connectivity index (χ0v) is 14.5. The van der Waals surface area contributed by atoms with E-state index in [-0.39, 0.29) is 11.8 Å². The van der Waals surface area contributed by atoms with Crippen molar-refractivity contribution in [2.24, 2.45) is 11.8 Å². The molecule has 0 bridgehead atoms. The number of likely N-dealkylation sites (tertiary alicyclic amines) is 1. The van der Waals surface area contributed by atoms with Crippen LogP contribution in [0.4, 0.5) is 5.69 Å². The fourth-order valence-corrected chi connectivity index (χ4v) is 3.64. The van der Waals surface area contributed by atoms with Gasteiger partial charge >= 0.3 is 5.97 Å². The highest BCUT2D eigenvalue weighted by molar-refractivity contribution is 5.93. The van der Waals surface area contributed by atoms with E-state index in [1.54, 1.807) is 6.20 Å². The number of aromatic nitrogens is 1. The minimum Gasteiger partial charge on any atom is -0.481 e. The molecule has 3 heterocycles. The van der Waals surface area contributed by atoms with Crippen LogP contribution in [0.1, 0.15) is 25.0 Å². The van der Waals surface area contributed by atoms with Gasteiger partial charge in [0.2, 0.25) is 5.91 Å². The minimum absolute atomic E-state index is 0.131. The second-order valence-corrected chi connectivity index (χ2v) is 6.94. The number of ether oxygens (including phenoxy) is 1. The van der Waals surface area contributed by atoms with Crippen molar-refractivity contribution in [2.75, 3.05) is 31.6 Å². The number of rotatable bonds is 4. The van der Waals surface area contributed by atoms with Gasteiger partial charge < -0.3 is 15.2 Å². The fraction of sp³-hybridized carbons (Fsp3) is 0.611. The van der Waals surface area contributed by atoms with Crippen LogP contribution < -0.4 is 5.32 Å². The van der Waals surface area contributed by atoms with Gasteiger partial charge in [-0.1, -0.05) is 0 Å². The first-order chi connectivity index (χ1) is 12.0. The van der Waals surface area contributed by atoms with Gasteiger partial charge in [-0.05, 0) is 38.3 Å². The lowest BCUT2D eigenvalue weighted by Gasteiger charge is -2.41. The summed E-state index contributed by atoms with van der Waals surface area (Å²) < 4.78 is 5.40. The number of hydrogen-bond acceptors (Lipinski definition) is 5. The molecule has 3 rings (SSSR count). The summed E-state index contributed by atoms with van der Waals surface area (Å²) in [5, 5.41) is 12.4. The van der Waals surface area contributed by atoms with Crippen LogP contribution in [0, 0.1) is 18.8 Å². The van der Waals surface area contributed by atoms with E-state index in [0.29, 0.717) is 44.5 Å². The smallest absolute Gasteiger partial charge is 0.307 e. The molecule has 2 atom stereocenters. The molecule has 0 unspecified atom stereocenters. The van der Waals surface area contributed by atoms with E-state index in [9.17, 15) is 14.7 Å². The Labute approximate surface area is 147 Å². The molecule has 0 saturated carbocycles. The summed E-state index contributed by atoms with van der Waals surface area (Å²) in [6, 6.07) is 3.95. The van der Waals surface area contributed by atoms with Crippen molar-refractivity contribution in [3.8, 4) is 0 Å². The summed E-state index contributed by atoms with van der Waals surface area (Å²) >= 11 is 0. The van der Waals surface area contributed by atoms with Gasteiger partial charge in [0.25, 0.3) is 0 Å². The largest absolute Gasteiger partial charge is 0.481 e. The standard InChI is InChI=1S/C18H25N3O4/c1-12-2-3-15(9-19-12)20-17(22)13-8-14(18(23)24)11-21(10-13)16-4-6-25-7-5-16/h2-3,9,13-14,16H,4-8,10-11H2,1H3,(H,20,22)(H,23,24)/t13-,14-/m1/s1. The Balaban J connectivity index is 1.68. The molecule has 1 amide bonds. The Bertz CT molecular complexity index is 613. The Morgan fingerprint density at radius 3 is 2.60 bits per heavy atom. The number of hydrogen-bond donors (Lipinski definition) is 2. The van der Waals surface area contributed by atoms with Crippen molar-refractivity contribution in [1.29, 1.82) is 0 Å². The average Bonchev–Trinajstić information content (AvgIpc) is 2.64. The number of anilines is 1. The number of piperidine rings is 1. The number of nitrogens with zero attached hydrogens (tertiary/aromatic N) is 2. The molecule has 0 radical (unpaired) electrons. The van der Waals surface area contributed by atoms with Gasteiger partial charge in [-0.15, -0.1) is 0 Å². The highest BCUT2D eigenvalue weighted by Gasteiger charge is 2.38. The third-order valence-electron chi connectivity index (χ3n) is 5.08. The molecule has 2 aliphatic heterocycles. The van der Waals surface area contributed by atoms with Crippen molar-refractivity contribution in [3.05, 3.63) is 24.0 Å². The molecule has 25 heavy (non-hydrogen) atoms. The maximum absolute atomic E-state index is 12.7. The molecule has 2 fully saturated rings. The normalized spacial score (nSPS) is 25.5. The van der Waals surface area contributed by atoms with Crippen molar-refractivity contribution in [1.82, 2.24) is 9.88 Å². The molecule has 2 aliphatic rings. The van der Waals surface area contributed by atoms with Crippen LogP contribution in [-0.4, -0.2) is 59.2 Å². The van der Waals surface area contributed by atoms with Crippen molar-refractivity contribution in [3.63, 3.8) is 0 Å². The lowest BCUT2D eigenvalue weighted by atomic mass is 9.86. The van der Waals surface area contributed by atoms with Gasteiger partial charge in [-0.2, -0.15) is 0 Å². The third-order valence-corrected chi connectivity index (χ3v) is 5.08. The lowest BCUT2D eigenvalue weighted by molar-refractivity contribution is -0.146. The topological polar surface area (TPSA) is 91.8 Å². The molecular weight excluding hydrogens is 322 g/mol. The summed E-state index contributed by atoms with van der Waals surface area (Å²) in [5.41, 5.74) is 1.53. The van der Waals surface area contributed by atoms with Gasteiger partial charge in [0.05, 0.1) is 23.7 Å². The summed E-state index contributed by atoms with van der Waals surface area (Å²) in [6.07, 6.45) is 3.78. The summed E-state index contributed by atoms with van der Waals surface area (Å²) in [5.74, 6) is -1.80. The summed E-state index contributed by atoms with van der Waals surface area (Å²) in [6.45, 7) is 4.39. The van der Waals surface area contributed by atoms with Crippen LogP contribution in [0.15, 0.2) is 18.3 Å². The van der Waals surface area contributed by atoms with E-state index in [1.165, 1.54) is 0 Å². The number of amides is 1. The first-order valence-electron chi connectivity index (χ1n) is 8.81. The summed E-state index contributed by atoms with van der Waals surface area (Å²) in [4.78, 5) is 30.6. The molecule has 2 N–H and O–H groups in total. The van der Waals surface area contributed by atoms with Gasteiger partial charge in [-0.25, -0.2) is 0 Å². The summed E-state index contributed by atoms with van der Waals surface area (Å²) in [7, 11) is 0. The zero-order chi connectivity index (χ0) is 17.8. The lowest BCUT2D eigenvalue weighted by Crippen LogP contribution is -2.52. The van der Waals surface area contributed by atoms with Gasteiger partial charge in [0.1, 0.15) is 0 Å². The number of carbonyl (C=O) groups excluding carboxylic acids is 1. The molecule has 0 aromatic carbocycles. The van der Waals surface area contributed by atoms with E-state index in [4.69, 9.17) is 4.74 Å². The maximum atomic E-state index is 12.7. The Hall–Kier alpha value is -1.99. The number of pyridine rings is 1. The molecule has 1 aromatic heterocycles. The number of aliphatic carboxylic acids is 1. The van der Waals surface area contributed by atoms with Crippen LogP contribution in [0.25, 0.3) is 0 Å². The van der Waals surface area contributed by atoms with E-state index >= 15 is 0 Å². The molecule has 2 saturated heterocycles. The number of carboxylic acids is 1. The van der Waals surface area contributed by atoms with E-state index in [0.717, 1.165) is 18.5 Å². The number of carbonyl (C=O) groups is 2. The van der Waals surface area contributed by atoms with E-state index in [1.807, 2.05) is 19.1 Å². The first kappa shape index (κ1) is 17.8. The molecular formula is C18H25N3O4. The molecule has 0 aliphatic carbocycles. The minimum atomic E-state index is -0.827. The number of nitrogens with one attached hydrogen (secondary N) is 1. The van der Waals surface area contributed by atoms with E-state index < -0.39 is 11.9 Å². The third kappa shape index (κ3) is 4.55. The maximum Gasteiger partial charge on any atom is 0.307 e. The van der Waals surface area contributed by atoms with Crippen LogP contribution in [0.5, 0.6) is 0 Å². The highest BCUT2D eigenvalue weighted by atomic mass is 16.5. The van der Waals surface area contributed by atoms with Crippen molar-refractivity contribution in [2.45, 2.75) is 32.2 Å². The molecule has 0 spiro atoms. The SMILES string of the molecule is Cc1ccc(NC(=O)[C@@H]2C[C@@H](C(=O)O)CN(C3CCOCC3)C2)cn1. The van der Waals surface area contributed by atoms with Crippen molar-refractivity contribution < 1.29 is 19.4 Å². The number of aryl methyl sites for hydroxylation is 1. The Morgan fingerprint density at radius 2 is 1.96 bits per heavy atom. The van der Waals surface area contributed by atoms with E-state index in [2.05, 4.69) is 15.2 Å². The van der Waals surface area contributed by atoms with Crippen LogP contribution in [0.3, 0.4) is 0 Å². The predicted octanol–water partition coefficient (Wildman–Crippen LogP) is 1.53. The van der Waals surface area contributed by atoms with Crippen molar-refractivity contribution >= 4 is 17.6 Å². The van der Waals surface area contributed by atoms with Gasteiger partial charge in [0.15, 0.2) is 0 Å². The predicted molar refractivity (Wildman–Crippen MR) is 92.3 cm³/mol. The fourth-order valence-electron chi connectivity index (χ4n) is 3.64. The van der Waals surface area contributed by atoms with Gasteiger partial charge in [0, 0.05) is 38.0 Å². The number of carboxylic acid groups (broad SMARTS) is 1. The monoisotopic (exact) mass is 347 g/mol. The Morgan fingerprint density at radius 1 is 1.24 bits per heavy atom. The Kier molecular flexibility index (Phi) is 5.65. The molecule has 7 heteroatoms. The van der Waals surface area contributed by atoms with Crippen LogP contribution in [0.2, 0.25) is 0 Å². The zero-order valence-electron chi connectivity index (χ0n) is 14.5. The average molecular weight is 347 g/mol.